The summed E-state index contributed by atoms with van der Waals surface area (Å²) in [4.78, 5) is 22.0. The first-order chi connectivity index (χ1) is 6.47. The first kappa shape index (κ1) is 12.9. The summed E-state index contributed by atoms with van der Waals surface area (Å²) in [6.45, 7) is 7.21. The summed E-state index contributed by atoms with van der Waals surface area (Å²) in [6.07, 6.45) is -0.259. The van der Waals surface area contributed by atoms with Crippen LogP contribution in [0.2, 0.25) is 0 Å². The molecule has 0 aromatic carbocycles. The Hall–Kier alpha value is -1.06. The van der Waals surface area contributed by atoms with Crippen LogP contribution in [0.4, 0.5) is 0 Å². The lowest BCUT2D eigenvalue weighted by Gasteiger charge is -2.16. The zero-order valence-corrected chi connectivity index (χ0v) is 9.20. The predicted molar refractivity (Wildman–Crippen MR) is 51.6 cm³/mol. The van der Waals surface area contributed by atoms with Gasteiger partial charge in [0.05, 0.1) is 6.61 Å². The van der Waals surface area contributed by atoms with Crippen LogP contribution in [0.5, 0.6) is 0 Å². The average molecular weight is 202 g/mol. The summed E-state index contributed by atoms with van der Waals surface area (Å²) in [6, 6.07) is 0. The van der Waals surface area contributed by atoms with Crippen LogP contribution < -0.4 is 0 Å². The van der Waals surface area contributed by atoms with Gasteiger partial charge in [-0.15, -0.1) is 0 Å². The van der Waals surface area contributed by atoms with Crippen molar-refractivity contribution in [3.8, 4) is 0 Å². The molecule has 0 aromatic heterocycles. The minimum Gasteiger partial charge on any atom is -0.463 e. The lowest BCUT2D eigenvalue weighted by Crippen LogP contribution is -2.29. The molecule has 0 bridgehead atoms. The maximum Gasteiger partial charge on any atom is 0.347 e. The second-order valence-corrected chi connectivity index (χ2v) is 3.48. The van der Waals surface area contributed by atoms with Gasteiger partial charge in [-0.1, -0.05) is 13.8 Å². The number of carbonyl (C=O) groups excluding carboxylic acids is 2. The highest BCUT2D eigenvalue weighted by atomic mass is 16.6. The minimum atomic E-state index is -0.757. The number of esters is 2. The van der Waals surface area contributed by atoms with Gasteiger partial charge in [-0.05, 0) is 19.3 Å². The third-order valence-corrected chi connectivity index (χ3v) is 1.54. The van der Waals surface area contributed by atoms with Crippen LogP contribution in [0.25, 0.3) is 0 Å². The summed E-state index contributed by atoms with van der Waals surface area (Å²) >= 11 is 0. The molecule has 0 heterocycles. The van der Waals surface area contributed by atoms with Crippen molar-refractivity contribution in [2.24, 2.45) is 5.92 Å². The van der Waals surface area contributed by atoms with Crippen LogP contribution in [0, 0.1) is 5.92 Å². The predicted octanol–water partition coefficient (Wildman–Crippen LogP) is 1.53. The summed E-state index contributed by atoms with van der Waals surface area (Å²) in [5.41, 5.74) is 0. The van der Waals surface area contributed by atoms with Gasteiger partial charge in [0, 0.05) is 6.92 Å². The van der Waals surface area contributed by atoms with E-state index in [4.69, 9.17) is 9.47 Å². The molecular formula is C10H18O4. The Bertz CT molecular complexity index is 198. The Kier molecular flexibility index (Phi) is 5.92. The van der Waals surface area contributed by atoms with E-state index in [9.17, 15) is 9.59 Å². The molecule has 82 valence electrons. The van der Waals surface area contributed by atoms with Gasteiger partial charge in [-0.3, -0.25) is 4.79 Å². The molecule has 0 radical (unpaired) electrons. The van der Waals surface area contributed by atoms with Gasteiger partial charge in [-0.25, -0.2) is 4.79 Å². The van der Waals surface area contributed by atoms with Crippen molar-refractivity contribution in [2.75, 3.05) is 6.61 Å². The Morgan fingerprint density at radius 2 is 1.86 bits per heavy atom. The van der Waals surface area contributed by atoms with E-state index >= 15 is 0 Å². The van der Waals surface area contributed by atoms with E-state index in [-0.39, 0.29) is 5.92 Å². The van der Waals surface area contributed by atoms with Crippen molar-refractivity contribution in [3.63, 3.8) is 0 Å². The van der Waals surface area contributed by atoms with Crippen LogP contribution >= 0.6 is 0 Å². The van der Waals surface area contributed by atoms with E-state index in [1.165, 1.54) is 6.92 Å². The fourth-order valence-corrected chi connectivity index (χ4v) is 1.06. The molecule has 0 aliphatic carbocycles. The minimum absolute atomic E-state index is 0.281. The van der Waals surface area contributed by atoms with E-state index in [0.29, 0.717) is 13.0 Å². The fourth-order valence-electron chi connectivity index (χ4n) is 1.06. The largest absolute Gasteiger partial charge is 0.463 e. The second-order valence-electron chi connectivity index (χ2n) is 3.48. The van der Waals surface area contributed by atoms with Gasteiger partial charge in [0.1, 0.15) is 0 Å². The van der Waals surface area contributed by atoms with Crippen LogP contribution in [0.15, 0.2) is 0 Å². The zero-order chi connectivity index (χ0) is 11.1. The topological polar surface area (TPSA) is 52.6 Å². The van der Waals surface area contributed by atoms with E-state index in [1.807, 2.05) is 13.8 Å². The second kappa shape index (κ2) is 6.40. The van der Waals surface area contributed by atoms with E-state index in [0.717, 1.165) is 0 Å². The molecule has 0 saturated carbocycles. The SMILES string of the molecule is CCOC(=O)[C@@H](CC(C)C)OC(C)=O. The van der Waals surface area contributed by atoms with Gasteiger partial charge < -0.3 is 9.47 Å². The molecule has 0 rings (SSSR count). The summed E-state index contributed by atoms with van der Waals surface area (Å²) in [5.74, 6) is -0.635. The Morgan fingerprint density at radius 1 is 1.29 bits per heavy atom. The number of hydrogen-bond donors (Lipinski definition) is 0. The van der Waals surface area contributed by atoms with Crippen molar-refractivity contribution in [2.45, 2.75) is 40.2 Å². The van der Waals surface area contributed by atoms with Crippen LogP contribution in [-0.4, -0.2) is 24.6 Å². The first-order valence-corrected chi connectivity index (χ1v) is 4.81. The third kappa shape index (κ3) is 5.56. The smallest absolute Gasteiger partial charge is 0.347 e. The number of carbonyl (C=O) groups is 2. The van der Waals surface area contributed by atoms with Gasteiger partial charge in [0.2, 0.25) is 0 Å². The average Bonchev–Trinajstić information content (AvgIpc) is 2.01. The lowest BCUT2D eigenvalue weighted by molar-refractivity contribution is -0.167. The quantitative estimate of drug-likeness (QED) is 0.634. The molecule has 0 fully saturated rings. The Morgan fingerprint density at radius 3 is 2.21 bits per heavy atom. The van der Waals surface area contributed by atoms with Gasteiger partial charge in [-0.2, -0.15) is 0 Å². The fraction of sp³-hybridized carbons (Fsp3) is 0.800. The van der Waals surface area contributed by atoms with Crippen LogP contribution in [-0.2, 0) is 19.1 Å². The molecule has 0 N–H and O–H groups in total. The van der Waals surface area contributed by atoms with Gasteiger partial charge >= 0.3 is 11.9 Å². The molecule has 1 atom stereocenters. The highest BCUT2D eigenvalue weighted by Crippen LogP contribution is 2.10. The standard InChI is InChI=1S/C10H18O4/c1-5-13-10(12)9(6-7(2)3)14-8(4)11/h7,9H,5-6H2,1-4H3/t9-/m1/s1. The normalized spacial score (nSPS) is 12.4. The number of ether oxygens (including phenoxy) is 2. The van der Waals surface area contributed by atoms with Crippen molar-refractivity contribution >= 4 is 11.9 Å². The molecule has 0 saturated heterocycles. The van der Waals surface area contributed by atoms with E-state index < -0.39 is 18.0 Å². The summed E-state index contributed by atoms with van der Waals surface area (Å²) < 4.78 is 9.65. The van der Waals surface area contributed by atoms with Gasteiger partial charge in [0.15, 0.2) is 6.10 Å². The molecule has 0 aliphatic rings. The lowest BCUT2D eigenvalue weighted by atomic mass is 10.1. The Labute approximate surface area is 84.6 Å². The number of hydrogen-bond acceptors (Lipinski definition) is 4. The van der Waals surface area contributed by atoms with Crippen molar-refractivity contribution in [3.05, 3.63) is 0 Å². The highest BCUT2D eigenvalue weighted by molar-refractivity contribution is 5.78. The van der Waals surface area contributed by atoms with Crippen molar-refractivity contribution < 1.29 is 19.1 Å². The highest BCUT2D eigenvalue weighted by Gasteiger charge is 2.23. The molecular weight excluding hydrogens is 184 g/mol. The van der Waals surface area contributed by atoms with E-state index in [1.54, 1.807) is 6.92 Å². The maximum absolute atomic E-state index is 11.3. The zero-order valence-electron chi connectivity index (χ0n) is 9.20. The third-order valence-electron chi connectivity index (χ3n) is 1.54. The summed E-state index contributed by atoms with van der Waals surface area (Å²) in [5, 5.41) is 0. The molecule has 0 spiro atoms. The van der Waals surface area contributed by atoms with Crippen LogP contribution in [0.1, 0.15) is 34.1 Å². The molecule has 0 amide bonds. The van der Waals surface area contributed by atoms with Crippen molar-refractivity contribution in [1.82, 2.24) is 0 Å². The van der Waals surface area contributed by atoms with Crippen molar-refractivity contribution in [1.29, 1.82) is 0 Å². The molecule has 0 aliphatic heterocycles. The summed E-state index contributed by atoms with van der Waals surface area (Å²) in [7, 11) is 0. The molecule has 4 heteroatoms. The molecule has 4 nitrogen and oxygen atoms in total. The first-order valence-electron chi connectivity index (χ1n) is 4.81. The van der Waals surface area contributed by atoms with Crippen LogP contribution in [0.3, 0.4) is 0 Å². The molecule has 0 unspecified atom stereocenters. The Balaban J connectivity index is 4.22. The maximum atomic E-state index is 11.3. The van der Waals surface area contributed by atoms with E-state index in [2.05, 4.69) is 0 Å². The van der Waals surface area contributed by atoms with Gasteiger partial charge in [0.25, 0.3) is 0 Å². The number of rotatable bonds is 5. The monoisotopic (exact) mass is 202 g/mol. The molecule has 14 heavy (non-hydrogen) atoms. The molecule has 0 aromatic rings.